The maximum atomic E-state index is 13.1. The number of halogens is 1. The Balaban J connectivity index is 2.37. The molecule has 0 aromatic heterocycles. The van der Waals surface area contributed by atoms with Gasteiger partial charge in [0.05, 0.1) is 7.11 Å². The third kappa shape index (κ3) is 4.30. The second kappa shape index (κ2) is 6.40. The van der Waals surface area contributed by atoms with E-state index in [1.807, 2.05) is 24.3 Å². The van der Waals surface area contributed by atoms with Crippen LogP contribution in [0, 0.1) is 0 Å². The lowest BCUT2D eigenvalue weighted by molar-refractivity contribution is 0.300. The molecule has 84 valence electrons. The Bertz CT molecular complexity index is 273. The highest BCUT2D eigenvalue weighted by molar-refractivity contribution is 5.27. The van der Waals surface area contributed by atoms with E-state index < -0.39 is 6.17 Å². The van der Waals surface area contributed by atoms with E-state index in [1.54, 1.807) is 7.11 Å². The van der Waals surface area contributed by atoms with Crippen molar-refractivity contribution in [2.45, 2.75) is 25.4 Å². The van der Waals surface area contributed by atoms with Gasteiger partial charge in [-0.1, -0.05) is 12.1 Å². The summed E-state index contributed by atoms with van der Waals surface area (Å²) in [4.78, 5) is 0. The minimum absolute atomic E-state index is 0.420. The van der Waals surface area contributed by atoms with Crippen LogP contribution in [0.2, 0.25) is 0 Å². The van der Waals surface area contributed by atoms with Gasteiger partial charge in [-0.2, -0.15) is 0 Å². The molecule has 2 N–H and O–H groups in total. The van der Waals surface area contributed by atoms with Crippen LogP contribution in [-0.2, 0) is 6.42 Å². The summed E-state index contributed by atoms with van der Waals surface area (Å²) in [6.45, 7) is 0.420. The van der Waals surface area contributed by atoms with Crippen molar-refractivity contribution >= 4 is 0 Å². The van der Waals surface area contributed by atoms with Crippen LogP contribution in [0.1, 0.15) is 18.4 Å². The van der Waals surface area contributed by atoms with Crippen molar-refractivity contribution in [3.63, 3.8) is 0 Å². The summed E-state index contributed by atoms with van der Waals surface area (Å²) in [6, 6.07) is 7.72. The zero-order chi connectivity index (χ0) is 11.1. The fourth-order valence-corrected chi connectivity index (χ4v) is 1.44. The van der Waals surface area contributed by atoms with E-state index in [0.29, 0.717) is 19.4 Å². The van der Waals surface area contributed by atoms with Crippen molar-refractivity contribution < 1.29 is 9.13 Å². The fraction of sp³-hybridized carbons (Fsp3) is 0.500. The number of ether oxygens (including phenoxy) is 1. The molecule has 0 saturated carbocycles. The summed E-state index contributed by atoms with van der Waals surface area (Å²) in [5.74, 6) is 0.831. The maximum Gasteiger partial charge on any atom is 0.118 e. The van der Waals surface area contributed by atoms with Crippen LogP contribution < -0.4 is 10.5 Å². The van der Waals surface area contributed by atoms with E-state index in [2.05, 4.69) is 0 Å². The molecule has 1 aromatic carbocycles. The zero-order valence-electron chi connectivity index (χ0n) is 9.08. The fourth-order valence-electron chi connectivity index (χ4n) is 1.44. The topological polar surface area (TPSA) is 35.2 Å². The minimum Gasteiger partial charge on any atom is -0.497 e. The largest absolute Gasteiger partial charge is 0.497 e. The summed E-state index contributed by atoms with van der Waals surface area (Å²) >= 11 is 0. The van der Waals surface area contributed by atoms with Gasteiger partial charge in [0.25, 0.3) is 0 Å². The number of hydrogen-bond donors (Lipinski definition) is 1. The molecule has 1 unspecified atom stereocenters. The summed E-state index contributed by atoms with van der Waals surface area (Å²) in [5.41, 5.74) is 6.41. The molecule has 15 heavy (non-hydrogen) atoms. The monoisotopic (exact) mass is 211 g/mol. The van der Waals surface area contributed by atoms with Crippen molar-refractivity contribution in [2.75, 3.05) is 13.7 Å². The summed E-state index contributed by atoms with van der Waals surface area (Å²) in [6.07, 6.45) is 0.974. The molecule has 3 heteroatoms. The Labute approximate surface area is 90.2 Å². The Hall–Kier alpha value is -1.09. The molecule has 0 bridgehead atoms. The van der Waals surface area contributed by atoms with Crippen molar-refractivity contribution in [1.29, 1.82) is 0 Å². The van der Waals surface area contributed by atoms with Crippen molar-refractivity contribution in [2.24, 2.45) is 5.73 Å². The molecule has 0 aliphatic heterocycles. The first-order valence-electron chi connectivity index (χ1n) is 5.23. The van der Waals surface area contributed by atoms with Gasteiger partial charge in [-0.25, -0.2) is 4.39 Å². The molecular weight excluding hydrogens is 193 g/mol. The van der Waals surface area contributed by atoms with Crippen LogP contribution in [-0.4, -0.2) is 19.8 Å². The molecule has 1 atom stereocenters. The molecule has 2 nitrogen and oxygen atoms in total. The predicted octanol–water partition coefficient (Wildman–Crippen LogP) is 2.31. The van der Waals surface area contributed by atoms with Gasteiger partial charge in [-0.3, -0.25) is 0 Å². The van der Waals surface area contributed by atoms with Gasteiger partial charge < -0.3 is 10.5 Å². The van der Waals surface area contributed by atoms with E-state index >= 15 is 0 Å². The molecule has 0 aliphatic rings. The maximum absolute atomic E-state index is 13.1. The SMILES string of the molecule is COc1ccc(CCC(F)CCN)cc1. The van der Waals surface area contributed by atoms with Gasteiger partial charge in [0, 0.05) is 0 Å². The quantitative estimate of drug-likeness (QED) is 0.783. The minimum atomic E-state index is -0.780. The van der Waals surface area contributed by atoms with Gasteiger partial charge in [-0.05, 0) is 43.5 Å². The molecule has 1 rings (SSSR count). The van der Waals surface area contributed by atoms with Crippen molar-refractivity contribution in [3.8, 4) is 5.75 Å². The van der Waals surface area contributed by atoms with Crippen LogP contribution >= 0.6 is 0 Å². The van der Waals surface area contributed by atoms with Gasteiger partial charge in [-0.15, -0.1) is 0 Å². The lowest BCUT2D eigenvalue weighted by atomic mass is 10.1. The van der Waals surface area contributed by atoms with Crippen molar-refractivity contribution in [1.82, 2.24) is 0 Å². The number of hydrogen-bond acceptors (Lipinski definition) is 2. The molecule has 0 aliphatic carbocycles. The number of nitrogens with two attached hydrogens (primary N) is 1. The predicted molar refractivity (Wildman–Crippen MR) is 59.9 cm³/mol. The molecule has 0 radical (unpaired) electrons. The molecule has 0 saturated heterocycles. The Morgan fingerprint density at radius 1 is 1.27 bits per heavy atom. The molecular formula is C12H18FNO. The van der Waals surface area contributed by atoms with E-state index in [0.717, 1.165) is 17.7 Å². The van der Waals surface area contributed by atoms with Crippen LogP contribution in [0.15, 0.2) is 24.3 Å². The highest BCUT2D eigenvalue weighted by atomic mass is 19.1. The third-order valence-electron chi connectivity index (χ3n) is 2.39. The van der Waals surface area contributed by atoms with Gasteiger partial charge in [0.2, 0.25) is 0 Å². The number of benzene rings is 1. The highest BCUT2D eigenvalue weighted by Gasteiger charge is 2.05. The smallest absolute Gasteiger partial charge is 0.118 e. The lowest BCUT2D eigenvalue weighted by Crippen LogP contribution is -2.09. The molecule has 0 spiro atoms. The molecule has 0 heterocycles. The first-order valence-corrected chi connectivity index (χ1v) is 5.23. The van der Waals surface area contributed by atoms with Crippen LogP contribution in [0.3, 0.4) is 0 Å². The normalized spacial score (nSPS) is 12.5. The molecule has 1 aromatic rings. The Kier molecular flexibility index (Phi) is 5.12. The number of rotatable bonds is 6. The van der Waals surface area contributed by atoms with E-state index in [9.17, 15) is 4.39 Å². The van der Waals surface area contributed by atoms with Gasteiger partial charge >= 0.3 is 0 Å². The Morgan fingerprint density at radius 2 is 1.93 bits per heavy atom. The van der Waals surface area contributed by atoms with Gasteiger partial charge in [0.1, 0.15) is 11.9 Å². The number of aryl methyl sites for hydroxylation is 1. The van der Waals surface area contributed by atoms with Gasteiger partial charge in [0.15, 0.2) is 0 Å². The van der Waals surface area contributed by atoms with E-state index in [4.69, 9.17) is 10.5 Å². The summed E-state index contributed by atoms with van der Waals surface area (Å²) in [7, 11) is 1.63. The standard InChI is InChI=1S/C12H18FNO/c1-15-12-6-3-10(4-7-12)2-5-11(13)8-9-14/h3-4,6-7,11H,2,5,8-9,14H2,1H3. The highest BCUT2D eigenvalue weighted by Crippen LogP contribution is 2.14. The van der Waals surface area contributed by atoms with E-state index in [1.165, 1.54) is 0 Å². The first-order chi connectivity index (χ1) is 7.26. The van der Waals surface area contributed by atoms with E-state index in [-0.39, 0.29) is 0 Å². The Morgan fingerprint density at radius 3 is 2.47 bits per heavy atom. The number of methoxy groups -OCH3 is 1. The average molecular weight is 211 g/mol. The molecule has 0 amide bonds. The van der Waals surface area contributed by atoms with Crippen molar-refractivity contribution in [3.05, 3.63) is 29.8 Å². The lowest BCUT2D eigenvalue weighted by Gasteiger charge is -2.07. The van der Waals surface area contributed by atoms with Crippen LogP contribution in [0.4, 0.5) is 4.39 Å². The summed E-state index contributed by atoms with van der Waals surface area (Å²) in [5, 5.41) is 0. The summed E-state index contributed by atoms with van der Waals surface area (Å²) < 4.78 is 18.2. The average Bonchev–Trinajstić information content (AvgIpc) is 2.27. The second-order valence-electron chi connectivity index (χ2n) is 3.56. The first kappa shape index (κ1) is 12.0. The van der Waals surface area contributed by atoms with Crippen LogP contribution in [0.5, 0.6) is 5.75 Å². The third-order valence-corrected chi connectivity index (χ3v) is 2.39. The number of alkyl halides is 1. The molecule has 0 fully saturated rings. The zero-order valence-corrected chi connectivity index (χ0v) is 9.08. The van der Waals surface area contributed by atoms with Crippen LogP contribution in [0.25, 0.3) is 0 Å². The second-order valence-corrected chi connectivity index (χ2v) is 3.56.